The average Bonchev–Trinajstić information content (AvgIpc) is 2.14. The number of aromatic nitrogens is 4. The van der Waals surface area contributed by atoms with Gasteiger partial charge < -0.3 is 5.73 Å². The van der Waals surface area contributed by atoms with Crippen LogP contribution in [0.25, 0.3) is 0 Å². The zero-order chi connectivity index (χ0) is 5.11. The van der Waals surface area contributed by atoms with Crippen molar-refractivity contribution in [3.05, 3.63) is 5.82 Å². The van der Waals surface area contributed by atoms with Crippen LogP contribution in [0.3, 0.4) is 0 Å². The first-order valence-corrected chi connectivity index (χ1v) is 1.86. The van der Waals surface area contributed by atoms with Crippen LogP contribution in [-0.2, 0) is 6.54 Å². The lowest BCUT2D eigenvalue weighted by Gasteiger charge is -1.73. The van der Waals surface area contributed by atoms with Gasteiger partial charge in [-0.15, -0.1) is 22.6 Å². The Labute approximate surface area is 52.1 Å². The molecule has 5 nitrogen and oxygen atoms in total. The van der Waals surface area contributed by atoms with E-state index >= 15 is 0 Å². The molecule has 0 radical (unpaired) electrons. The summed E-state index contributed by atoms with van der Waals surface area (Å²) in [6.07, 6.45) is 0. The SMILES string of the molecule is Cl.NCc1nn[nH]n1. The van der Waals surface area contributed by atoms with E-state index in [1.54, 1.807) is 0 Å². The molecule has 6 heteroatoms. The Morgan fingerprint density at radius 3 is 2.62 bits per heavy atom. The third-order valence-corrected chi connectivity index (χ3v) is 0.572. The molecule has 1 heterocycles. The highest BCUT2D eigenvalue weighted by atomic mass is 35.5. The molecule has 0 aromatic carbocycles. The van der Waals surface area contributed by atoms with Gasteiger partial charge in [0.15, 0.2) is 5.82 Å². The van der Waals surface area contributed by atoms with Gasteiger partial charge >= 0.3 is 0 Å². The van der Waals surface area contributed by atoms with Crippen molar-refractivity contribution >= 4 is 12.4 Å². The van der Waals surface area contributed by atoms with E-state index in [2.05, 4.69) is 20.6 Å². The molecule has 0 unspecified atom stereocenters. The molecule has 1 rings (SSSR count). The van der Waals surface area contributed by atoms with Crippen molar-refractivity contribution in [2.24, 2.45) is 5.73 Å². The van der Waals surface area contributed by atoms with Crippen LogP contribution in [0, 0.1) is 0 Å². The zero-order valence-electron chi connectivity index (χ0n) is 4.03. The predicted molar refractivity (Wildman–Crippen MR) is 29.3 cm³/mol. The quantitative estimate of drug-likeness (QED) is 0.522. The normalized spacial score (nSPS) is 8.12. The molecule has 0 fully saturated rings. The van der Waals surface area contributed by atoms with Gasteiger partial charge in [-0.3, -0.25) is 0 Å². The molecule has 0 aliphatic heterocycles. The highest BCUT2D eigenvalue weighted by Gasteiger charge is 1.87. The van der Waals surface area contributed by atoms with E-state index in [0.29, 0.717) is 12.4 Å². The van der Waals surface area contributed by atoms with E-state index in [4.69, 9.17) is 5.73 Å². The fourth-order valence-corrected chi connectivity index (χ4v) is 0.269. The van der Waals surface area contributed by atoms with Crippen LogP contribution < -0.4 is 5.73 Å². The first-order valence-electron chi connectivity index (χ1n) is 1.86. The number of nitrogens with one attached hydrogen (secondary N) is 1. The molecule has 0 amide bonds. The van der Waals surface area contributed by atoms with Gasteiger partial charge in [-0.05, 0) is 0 Å². The van der Waals surface area contributed by atoms with Crippen molar-refractivity contribution in [2.45, 2.75) is 6.54 Å². The molecule has 0 atom stereocenters. The molecule has 8 heavy (non-hydrogen) atoms. The first-order chi connectivity index (χ1) is 3.43. The summed E-state index contributed by atoms with van der Waals surface area (Å²) in [5.41, 5.74) is 5.11. The van der Waals surface area contributed by atoms with Gasteiger partial charge in [-0.25, -0.2) is 0 Å². The molecule has 0 aliphatic carbocycles. The molecular formula is C2H6ClN5. The van der Waals surface area contributed by atoms with Gasteiger partial charge in [0.05, 0.1) is 6.54 Å². The average molecular weight is 136 g/mol. The topological polar surface area (TPSA) is 80.5 Å². The third-order valence-electron chi connectivity index (χ3n) is 0.572. The monoisotopic (exact) mass is 135 g/mol. The van der Waals surface area contributed by atoms with E-state index in [1.807, 2.05) is 0 Å². The number of tetrazole rings is 1. The Hall–Kier alpha value is -0.680. The lowest BCUT2D eigenvalue weighted by atomic mass is 10.7. The second-order valence-corrected chi connectivity index (χ2v) is 1.03. The van der Waals surface area contributed by atoms with Crippen LogP contribution in [0.1, 0.15) is 5.82 Å². The summed E-state index contributed by atoms with van der Waals surface area (Å²) in [4.78, 5) is 0. The summed E-state index contributed by atoms with van der Waals surface area (Å²) < 4.78 is 0. The lowest BCUT2D eigenvalue weighted by molar-refractivity contribution is 0.881. The Bertz CT molecular complexity index is 125. The van der Waals surface area contributed by atoms with Gasteiger partial charge in [0, 0.05) is 0 Å². The summed E-state index contributed by atoms with van der Waals surface area (Å²) in [6.45, 7) is 0.344. The van der Waals surface area contributed by atoms with Crippen molar-refractivity contribution in [2.75, 3.05) is 0 Å². The molecule has 46 valence electrons. The number of nitrogens with zero attached hydrogens (tertiary/aromatic N) is 3. The molecular weight excluding hydrogens is 130 g/mol. The number of rotatable bonds is 1. The second kappa shape index (κ2) is 3.34. The van der Waals surface area contributed by atoms with E-state index in [1.165, 1.54) is 0 Å². The number of halogens is 1. The van der Waals surface area contributed by atoms with E-state index in [-0.39, 0.29) is 12.4 Å². The van der Waals surface area contributed by atoms with Crippen LogP contribution in [-0.4, -0.2) is 20.6 Å². The number of hydrogen-bond acceptors (Lipinski definition) is 4. The molecule has 0 saturated heterocycles. The fourth-order valence-electron chi connectivity index (χ4n) is 0.269. The summed E-state index contributed by atoms with van der Waals surface area (Å²) >= 11 is 0. The van der Waals surface area contributed by atoms with Crippen molar-refractivity contribution in [3.63, 3.8) is 0 Å². The highest BCUT2D eigenvalue weighted by Crippen LogP contribution is 1.73. The molecule has 0 saturated carbocycles. The number of nitrogens with two attached hydrogens (primary N) is 1. The van der Waals surface area contributed by atoms with Crippen LogP contribution in [0.5, 0.6) is 0 Å². The first kappa shape index (κ1) is 7.32. The Kier molecular flexibility index (Phi) is 3.05. The van der Waals surface area contributed by atoms with Crippen LogP contribution in [0.15, 0.2) is 0 Å². The Morgan fingerprint density at radius 2 is 2.38 bits per heavy atom. The second-order valence-electron chi connectivity index (χ2n) is 1.03. The minimum absolute atomic E-state index is 0. The summed E-state index contributed by atoms with van der Waals surface area (Å²) in [7, 11) is 0. The molecule has 0 spiro atoms. The standard InChI is InChI=1S/C2H5N5.ClH/c3-1-2-4-6-7-5-2;/h1,3H2,(H,4,5,6,7);1H. The zero-order valence-corrected chi connectivity index (χ0v) is 4.85. The van der Waals surface area contributed by atoms with Gasteiger partial charge in [0.25, 0.3) is 0 Å². The van der Waals surface area contributed by atoms with Gasteiger partial charge in [0.1, 0.15) is 0 Å². The van der Waals surface area contributed by atoms with Crippen LogP contribution in [0.4, 0.5) is 0 Å². The van der Waals surface area contributed by atoms with Crippen molar-refractivity contribution < 1.29 is 0 Å². The maximum Gasteiger partial charge on any atom is 0.188 e. The molecule has 0 bridgehead atoms. The van der Waals surface area contributed by atoms with Crippen molar-refractivity contribution in [1.29, 1.82) is 0 Å². The van der Waals surface area contributed by atoms with Crippen LogP contribution in [0.2, 0.25) is 0 Å². The van der Waals surface area contributed by atoms with Crippen molar-refractivity contribution in [1.82, 2.24) is 20.6 Å². The maximum absolute atomic E-state index is 5.11. The Balaban J connectivity index is 0.000000490. The summed E-state index contributed by atoms with van der Waals surface area (Å²) in [6, 6.07) is 0. The lowest BCUT2D eigenvalue weighted by Crippen LogP contribution is -1.97. The maximum atomic E-state index is 5.11. The Morgan fingerprint density at radius 1 is 1.62 bits per heavy atom. The van der Waals surface area contributed by atoms with E-state index in [0.717, 1.165) is 0 Å². The summed E-state index contributed by atoms with van der Waals surface area (Å²) in [5, 5.41) is 12.7. The number of aromatic amines is 1. The molecule has 3 N–H and O–H groups in total. The highest BCUT2D eigenvalue weighted by molar-refractivity contribution is 5.85. The minimum Gasteiger partial charge on any atom is -0.324 e. The largest absolute Gasteiger partial charge is 0.324 e. The predicted octanol–water partition coefficient (Wildman–Crippen LogP) is -0.920. The molecule has 1 aromatic heterocycles. The molecule has 0 aliphatic rings. The number of hydrogen-bond donors (Lipinski definition) is 2. The molecule has 1 aromatic rings. The minimum atomic E-state index is 0. The number of H-pyrrole nitrogens is 1. The van der Waals surface area contributed by atoms with E-state index < -0.39 is 0 Å². The summed E-state index contributed by atoms with van der Waals surface area (Å²) in [5.74, 6) is 0.542. The van der Waals surface area contributed by atoms with Crippen molar-refractivity contribution in [3.8, 4) is 0 Å². The van der Waals surface area contributed by atoms with Crippen LogP contribution >= 0.6 is 12.4 Å². The third kappa shape index (κ3) is 1.43. The fraction of sp³-hybridized carbons (Fsp3) is 0.500. The smallest absolute Gasteiger partial charge is 0.188 e. The van der Waals surface area contributed by atoms with Gasteiger partial charge in [-0.1, -0.05) is 5.21 Å². The van der Waals surface area contributed by atoms with Gasteiger partial charge in [-0.2, -0.15) is 5.21 Å². The van der Waals surface area contributed by atoms with E-state index in [9.17, 15) is 0 Å². The van der Waals surface area contributed by atoms with Gasteiger partial charge in [0.2, 0.25) is 0 Å².